The van der Waals surface area contributed by atoms with Crippen LogP contribution in [0.5, 0.6) is 0 Å². The van der Waals surface area contributed by atoms with Crippen molar-refractivity contribution in [3.8, 4) is 0 Å². The monoisotopic (exact) mass is 342 g/mol. The molecule has 2 aliphatic heterocycles. The van der Waals surface area contributed by atoms with Crippen LogP contribution < -0.4 is 10.6 Å². The van der Waals surface area contributed by atoms with E-state index < -0.39 is 5.92 Å². The van der Waals surface area contributed by atoms with E-state index in [1.54, 1.807) is 0 Å². The molecule has 134 valence electrons. The van der Waals surface area contributed by atoms with Crippen molar-refractivity contribution in [2.75, 3.05) is 13.1 Å². The Morgan fingerprint density at radius 2 is 1.92 bits per heavy atom. The van der Waals surface area contributed by atoms with Crippen molar-refractivity contribution in [1.29, 1.82) is 0 Å². The smallest absolute Gasteiger partial charge is 0.230 e. The Morgan fingerprint density at radius 1 is 1.16 bits per heavy atom. The van der Waals surface area contributed by atoms with Gasteiger partial charge in [0.25, 0.3) is 0 Å². The topological polar surface area (TPSA) is 75.3 Å². The third-order valence-electron chi connectivity index (χ3n) is 5.41. The molecular weight excluding hydrogens is 316 g/mol. The number of hydrogen-bond acceptors (Lipinski definition) is 4. The SMILES string of the molecule is CCc1ccc(C2CCNCC2)cc1C(=O)CC1CCC(=O)NC1=O. The van der Waals surface area contributed by atoms with E-state index in [1.807, 2.05) is 13.0 Å². The highest BCUT2D eigenvalue weighted by molar-refractivity contribution is 6.03. The lowest BCUT2D eigenvalue weighted by Crippen LogP contribution is -2.41. The Bertz CT molecular complexity index is 678. The summed E-state index contributed by atoms with van der Waals surface area (Å²) in [4.78, 5) is 36.1. The van der Waals surface area contributed by atoms with Crippen LogP contribution in [-0.4, -0.2) is 30.7 Å². The van der Waals surface area contributed by atoms with Gasteiger partial charge in [-0.15, -0.1) is 0 Å². The lowest BCUT2D eigenvalue weighted by Gasteiger charge is -2.24. The van der Waals surface area contributed by atoms with Gasteiger partial charge in [-0.05, 0) is 61.9 Å². The zero-order valence-corrected chi connectivity index (χ0v) is 14.8. The van der Waals surface area contributed by atoms with E-state index in [1.165, 1.54) is 5.56 Å². The molecule has 1 aromatic rings. The summed E-state index contributed by atoms with van der Waals surface area (Å²) in [5.41, 5.74) is 3.02. The third-order valence-corrected chi connectivity index (χ3v) is 5.41. The first kappa shape index (κ1) is 17.8. The number of piperidine rings is 2. The van der Waals surface area contributed by atoms with Crippen LogP contribution >= 0.6 is 0 Å². The minimum Gasteiger partial charge on any atom is -0.317 e. The molecule has 2 fully saturated rings. The van der Waals surface area contributed by atoms with Gasteiger partial charge in [-0.3, -0.25) is 19.7 Å². The number of carbonyl (C=O) groups is 3. The van der Waals surface area contributed by atoms with E-state index >= 15 is 0 Å². The molecule has 2 saturated heterocycles. The number of benzene rings is 1. The molecule has 3 rings (SSSR count). The van der Waals surface area contributed by atoms with Crippen LogP contribution in [0.4, 0.5) is 0 Å². The van der Waals surface area contributed by atoms with Crippen LogP contribution in [0, 0.1) is 5.92 Å². The number of hydrogen-bond donors (Lipinski definition) is 2. The molecule has 0 radical (unpaired) electrons. The van der Waals surface area contributed by atoms with E-state index in [0.717, 1.165) is 43.5 Å². The predicted molar refractivity (Wildman–Crippen MR) is 95.5 cm³/mol. The van der Waals surface area contributed by atoms with Gasteiger partial charge < -0.3 is 5.32 Å². The standard InChI is InChI=1S/C20H26N2O3/c1-2-13-3-4-15(14-7-9-21-10-8-14)11-17(13)18(23)12-16-5-6-19(24)22-20(16)25/h3-4,11,14,16,21H,2,5-10,12H2,1H3,(H,22,24,25). The lowest BCUT2D eigenvalue weighted by atomic mass is 9.85. The molecule has 2 heterocycles. The number of carbonyl (C=O) groups excluding carboxylic acids is 3. The number of aryl methyl sites for hydroxylation is 1. The predicted octanol–water partition coefficient (Wildman–Crippen LogP) is 2.34. The maximum atomic E-state index is 12.9. The Hall–Kier alpha value is -2.01. The van der Waals surface area contributed by atoms with Crippen LogP contribution in [0.3, 0.4) is 0 Å². The molecule has 1 aromatic carbocycles. The summed E-state index contributed by atoms with van der Waals surface area (Å²) >= 11 is 0. The quantitative estimate of drug-likeness (QED) is 0.636. The molecule has 5 nitrogen and oxygen atoms in total. The van der Waals surface area contributed by atoms with Crippen LogP contribution in [0.15, 0.2) is 18.2 Å². The molecule has 0 saturated carbocycles. The second-order valence-corrected chi connectivity index (χ2v) is 7.07. The first-order valence-corrected chi connectivity index (χ1v) is 9.29. The minimum absolute atomic E-state index is 0.0159. The van der Waals surface area contributed by atoms with E-state index in [-0.39, 0.29) is 24.0 Å². The first-order valence-electron chi connectivity index (χ1n) is 9.29. The number of rotatable bonds is 5. The number of ketones is 1. The summed E-state index contributed by atoms with van der Waals surface area (Å²) in [6.45, 7) is 4.07. The van der Waals surface area contributed by atoms with Gasteiger partial charge in [0, 0.05) is 24.3 Å². The normalized spacial score (nSPS) is 21.9. The molecule has 1 unspecified atom stereocenters. The fourth-order valence-electron chi connectivity index (χ4n) is 3.84. The summed E-state index contributed by atoms with van der Waals surface area (Å²) in [5, 5.41) is 5.71. The van der Waals surface area contributed by atoms with Gasteiger partial charge in [0.05, 0.1) is 0 Å². The molecule has 2 N–H and O–H groups in total. The summed E-state index contributed by atoms with van der Waals surface area (Å²) in [5.74, 6) is -0.429. The van der Waals surface area contributed by atoms with Gasteiger partial charge in [0.15, 0.2) is 5.78 Å². The highest BCUT2D eigenvalue weighted by Crippen LogP contribution is 2.28. The van der Waals surface area contributed by atoms with Gasteiger partial charge in [0.2, 0.25) is 11.8 Å². The van der Waals surface area contributed by atoms with Gasteiger partial charge in [0.1, 0.15) is 0 Å². The molecule has 0 bridgehead atoms. The molecule has 5 heteroatoms. The third kappa shape index (κ3) is 4.15. The zero-order valence-electron chi connectivity index (χ0n) is 14.8. The first-order chi connectivity index (χ1) is 12.1. The Morgan fingerprint density at radius 3 is 2.60 bits per heavy atom. The highest BCUT2D eigenvalue weighted by atomic mass is 16.2. The molecule has 1 atom stereocenters. The van der Waals surface area contributed by atoms with Crippen LogP contribution in [0.25, 0.3) is 0 Å². The molecule has 0 aliphatic carbocycles. The number of Topliss-reactive ketones (excluding diaryl/α,β-unsaturated/α-hetero) is 1. The fraction of sp³-hybridized carbons (Fsp3) is 0.550. The van der Waals surface area contributed by atoms with Crippen molar-refractivity contribution in [3.63, 3.8) is 0 Å². The van der Waals surface area contributed by atoms with Crippen molar-refractivity contribution in [3.05, 3.63) is 34.9 Å². The summed E-state index contributed by atoms with van der Waals surface area (Å²) < 4.78 is 0. The number of nitrogens with one attached hydrogen (secondary N) is 2. The number of imide groups is 1. The lowest BCUT2D eigenvalue weighted by molar-refractivity contribution is -0.136. The molecule has 25 heavy (non-hydrogen) atoms. The van der Waals surface area contributed by atoms with E-state index in [2.05, 4.69) is 22.8 Å². The fourth-order valence-corrected chi connectivity index (χ4v) is 3.84. The maximum Gasteiger partial charge on any atom is 0.230 e. The van der Waals surface area contributed by atoms with E-state index in [4.69, 9.17) is 0 Å². The molecule has 0 aromatic heterocycles. The molecular formula is C20H26N2O3. The Labute approximate surface area is 148 Å². The van der Waals surface area contributed by atoms with Gasteiger partial charge in [-0.25, -0.2) is 0 Å². The van der Waals surface area contributed by atoms with Crippen molar-refractivity contribution >= 4 is 17.6 Å². The average molecular weight is 342 g/mol. The largest absolute Gasteiger partial charge is 0.317 e. The van der Waals surface area contributed by atoms with Crippen molar-refractivity contribution < 1.29 is 14.4 Å². The van der Waals surface area contributed by atoms with Gasteiger partial charge in [-0.2, -0.15) is 0 Å². The van der Waals surface area contributed by atoms with E-state index in [0.29, 0.717) is 18.8 Å². The number of amides is 2. The molecule has 0 spiro atoms. The second kappa shape index (κ2) is 7.91. The van der Waals surface area contributed by atoms with Crippen LogP contribution in [0.2, 0.25) is 0 Å². The summed E-state index contributed by atoms with van der Waals surface area (Å²) in [6, 6.07) is 6.26. The molecule has 2 amide bonds. The average Bonchev–Trinajstić information content (AvgIpc) is 2.64. The Kier molecular flexibility index (Phi) is 5.63. The van der Waals surface area contributed by atoms with Crippen LogP contribution in [0.1, 0.15) is 66.4 Å². The van der Waals surface area contributed by atoms with Gasteiger partial charge >= 0.3 is 0 Å². The molecule has 2 aliphatic rings. The summed E-state index contributed by atoms with van der Waals surface area (Å²) in [7, 11) is 0. The minimum atomic E-state index is -0.391. The summed E-state index contributed by atoms with van der Waals surface area (Å²) in [6.07, 6.45) is 3.94. The van der Waals surface area contributed by atoms with Gasteiger partial charge in [-0.1, -0.05) is 19.1 Å². The van der Waals surface area contributed by atoms with Crippen molar-refractivity contribution in [2.45, 2.75) is 51.4 Å². The van der Waals surface area contributed by atoms with Crippen molar-refractivity contribution in [1.82, 2.24) is 10.6 Å². The second-order valence-electron chi connectivity index (χ2n) is 7.07. The van der Waals surface area contributed by atoms with E-state index in [9.17, 15) is 14.4 Å². The zero-order chi connectivity index (χ0) is 17.8. The Balaban J connectivity index is 1.78. The highest BCUT2D eigenvalue weighted by Gasteiger charge is 2.29. The van der Waals surface area contributed by atoms with Crippen molar-refractivity contribution in [2.24, 2.45) is 5.92 Å². The van der Waals surface area contributed by atoms with Crippen LogP contribution in [-0.2, 0) is 16.0 Å². The maximum absolute atomic E-state index is 12.9.